The zero-order valence-corrected chi connectivity index (χ0v) is 15.5. The van der Waals surface area contributed by atoms with Crippen LogP contribution in [0.3, 0.4) is 0 Å². The summed E-state index contributed by atoms with van der Waals surface area (Å²) < 4.78 is 5.21. The van der Waals surface area contributed by atoms with Gasteiger partial charge in [0, 0.05) is 5.92 Å². The number of esters is 1. The average molecular weight is 348 g/mol. The van der Waals surface area contributed by atoms with Crippen molar-refractivity contribution in [2.24, 2.45) is 5.92 Å². The fourth-order valence-electron chi connectivity index (χ4n) is 3.72. The summed E-state index contributed by atoms with van der Waals surface area (Å²) in [6.07, 6.45) is 2.27. The Morgan fingerprint density at radius 1 is 1.12 bits per heavy atom. The summed E-state index contributed by atoms with van der Waals surface area (Å²) in [4.78, 5) is 25.4. The van der Waals surface area contributed by atoms with Gasteiger partial charge in [0.05, 0.1) is 6.61 Å². The van der Waals surface area contributed by atoms with Crippen molar-refractivity contribution in [3.05, 3.63) is 76.9 Å². The number of ketones is 1. The number of carbonyl (C=O) groups excluding carboxylic acids is 2. The van der Waals surface area contributed by atoms with E-state index in [1.54, 1.807) is 13.0 Å². The minimum atomic E-state index is -0.774. The molecule has 0 saturated heterocycles. The molecule has 1 aliphatic rings. The Hall–Kier alpha value is -2.68. The second kappa shape index (κ2) is 7.69. The van der Waals surface area contributed by atoms with Crippen molar-refractivity contribution in [1.82, 2.24) is 0 Å². The first kappa shape index (κ1) is 18.1. The molecule has 2 aromatic carbocycles. The molecule has 2 atom stereocenters. The van der Waals surface area contributed by atoms with Crippen LogP contribution in [0, 0.1) is 19.8 Å². The smallest absolute Gasteiger partial charge is 0.317 e. The van der Waals surface area contributed by atoms with E-state index in [2.05, 4.69) is 6.07 Å². The molecule has 0 spiro atoms. The second-order valence-electron chi connectivity index (χ2n) is 6.84. The van der Waals surface area contributed by atoms with Crippen LogP contribution in [-0.4, -0.2) is 18.4 Å². The van der Waals surface area contributed by atoms with Crippen molar-refractivity contribution in [3.8, 4) is 0 Å². The maximum absolute atomic E-state index is 12.9. The Labute approximate surface area is 154 Å². The molecule has 26 heavy (non-hydrogen) atoms. The minimum absolute atomic E-state index is 0.167. The molecular formula is C23H24O3. The molecule has 0 saturated carbocycles. The molecule has 3 rings (SSSR count). The molecule has 134 valence electrons. The molecule has 0 bridgehead atoms. The van der Waals surface area contributed by atoms with Crippen LogP contribution < -0.4 is 0 Å². The molecule has 2 unspecified atom stereocenters. The van der Waals surface area contributed by atoms with Crippen molar-refractivity contribution < 1.29 is 14.3 Å². The van der Waals surface area contributed by atoms with Gasteiger partial charge in [-0.1, -0.05) is 54.1 Å². The highest BCUT2D eigenvalue weighted by atomic mass is 16.5. The Morgan fingerprint density at radius 3 is 2.58 bits per heavy atom. The molecule has 0 amide bonds. The quantitative estimate of drug-likeness (QED) is 0.598. The van der Waals surface area contributed by atoms with Gasteiger partial charge >= 0.3 is 5.97 Å². The van der Waals surface area contributed by atoms with Crippen molar-refractivity contribution in [3.63, 3.8) is 0 Å². The standard InChI is InChI=1S/C23H24O3/c1-4-26-23(25)22-20(19-11-6-5-9-16(19)3)13-18(14-21(22)24)17-10-7-8-15(2)12-17/h5-12,14,20,22H,4,13H2,1-3H3. The largest absolute Gasteiger partial charge is 0.465 e. The van der Waals surface area contributed by atoms with Gasteiger partial charge in [-0.2, -0.15) is 0 Å². The third-order valence-electron chi connectivity index (χ3n) is 4.98. The van der Waals surface area contributed by atoms with Gasteiger partial charge in [0.1, 0.15) is 5.92 Å². The van der Waals surface area contributed by atoms with Crippen LogP contribution in [0.25, 0.3) is 5.57 Å². The highest BCUT2D eigenvalue weighted by Gasteiger charge is 2.40. The molecule has 3 nitrogen and oxygen atoms in total. The Bertz CT molecular complexity index is 863. The van der Waals surface area contributed by atoms with E-state index in [9.17, 15) is 9.59 Å². The lowest BCUT2D eigenvalue weighted by Gasteiger charge is -2.30. The Kier molecular flexibility index (Phi) is 5.36. The normalized spacial score (nSPS) is 19.8. The predicted molar refractivity (Wildman–Crippen MR) is 103 cm³/mol. The lowest BCUT2D eigenvalue weighted by molar-refractivity contribution is -0.151. The molecule has 0 aromatic heterocycles. The summed E-state index contributed by atoms with van der Waals surface area (Å²) in [7, 11) is 0. The number of ether oxygens (including phenoxy) is 1. The Balaban J connectivity index is 2.06. The summed E-state index contributed by atoms with van der Waals surface area (Å²) in [5.74, 6) is -1.57. The van der Waals surface area contributed by atoms with E-state index < -0.39 is 11.9 Å². The predicted octanol–water partition coefficient (Wildman–Crippen LogP) is 4.62. The lowest BCUT2D eigenvalue weighted by atomic mass is 9.72. The van der Waals surface area contributed by atoms with E-state index in [1.807, 2.05) is 56.3 Å². The molecule has 0 aliphatic heterocycles. The molecular weight excluding hydrogens is 324 g/mol. The monoisotopic (exact) mass is 348 g/mol. The first-order chi connectivity index (χ1) is 12.5. The van der Waals surface area contributed by atoms with E-state index in [4.69, 9.17) is 4.74 Å². The molecule has 3 heteroatoms. The average Bonchev–Trinajstić information content (AvgIpc) is 2.61. The summed E-state index contributed by atoms with van der Waals surface area (Å²) in [5, 5.41) is 0. The van der Waals surface area contributed by atoms with Crippen LogP contribution in [0.5, 0.6) is 0 Å². The molecule has 0 radical (unpaired) electrons. The van der Waals surface area contributed by atoms with Crippen molar-refractivity contribution in [1.29, 1.82) is 0 Å². The van der Waals surface area contributed by atoms with Gasteiger partial charge in [0.25, 0.3) is 0 Å². The number of allylic oxidation sites excluding steroid dienone is 2. The molecule has 0 fully saturated rings. The SMILES string of the molecule is CCOC(=O)C1C(=O)C=C(c2cccc(C)c2)CC1c1ccccc1C. The van der Waals surface area contributed by atoms with Crippen LogP contribution in [-0.2, 0) is 14.3 Å². The number of aryl methyl sites for hydroxylation is 2. The van der Waals surface area contributed by atoms with Gasteiger partial charge in [-0.05, 0) is 55.5 Å². The zero-order valence-electron chi connectivity index (χ0n) is 15.5. The van der Waals surface area contributed by atoms with E-state index in [0.29, 0.717) is 6.42 Å². The number of rotatable bonds is 4. The van der Waals surface area contributed by atoms with Crippen LogP contribution >= 0.6 is 0 Å². The first-order valence-corrected chi connectivity index (χ1v) is 9.05. The third-order valence-corrected chi connectivity index (χ3v) is 4.98. The van der Waals surface area contributed by atoms with E-state index >= 15 is 0 Å². The Morgan fingerprint density at radius 2 is 1.88 bits per heavy atom. The lowest BCUT2D eigenvalue weighted by Crippen LogP contribution is -2.34. The molecule has 1 aliphatic carbocycles. The van der Waals surface area contributed by atoms with Crippen LogP contribution in [0.1, 0.15) is 41.5 Å². The maximum atomic E-state index is 12.9. The third kappa shape index (κ3) is 3.62. The number of hydrogen-bond donors (Lipinski definition) is 0. The number of hydrogen-bond acceptors (Lipinski definition) is 3. The van der Waals surface area contributed by atoms with Gasteiger partial charge in [-0.25, -0.2) is 0 Å². The first-order valence-electron chi connectivity index (χ1n) is 9.05. The fraction of sp³-hybridized carbons (Fsp3) is 0.304. The van der Waals surface area contributed by atoms with E-state index in [1.165, 1.54) is 0 Å². The zero-order chi connectivity index (χ0) is 18.7. The van der Waals surface area contributed by atoms with Gasteiger partial charge in [0.2, 0.25) is 0 Å². The van der Waals surface area contributed by atoms with Gasteiger partial charge in [-0.15, -0.1) is 0 Å². The summed E-state index contributed by atoms with van der Waals surface area (Å²) in [6.45, 7) is 6.10. The highest BCUT2D eigenvalue weighted by Crippen LogP contribution is 2.41. The van der Waals surface area contributed by atoms with Gasteiger partial charge in [-0.3, -0.25) is 9.59 Å². The fourth-order valence-corrected chi connectivity index (χ4v) is 3.72. The van der Waals surface area contributed by atoms with Crippen LogP contribution in [0.4, 0.5) is 0 Å². The van der Waals surface area contributed by atoms with Gasteiger partial charge in [0.15, 0.2) is 5.78 Å². The number of carbonyl (C=O) groups is 2. The van der Waals surface area contributed by atoms with Crippen molar-refractivity contribution in [2.75, 3.05) is 6.61 Å². The molecule has 2 aromatic rings. The van der Waals surface area contributed by atoms with Crippen molar-refractivity contribution >= 4 is 17.3 Å². The number of benzene rings is 2. The highest BCUT2D eigenvalue weighted by molar-refractivity contribution is 6.10. The van der Waals surface area contributed by atoms with Crippen LogP contribution in [0.15, 0.2) is 54.6 Å². The molecule has 0 heterocycles. The van der Waals surface area contributed by atoms with Crippen molar-refractivity contribution in [2.45, 2.75) is 33.1 Å². The summed E-state index contributed by atoms with van der Waals surface area (Å²) in [5.41, 5.74) is 5.30. The van der Waals surface area contributed by atoms with E-state index in [0.717, 1.165) is 27.8 Å². The topological polar surface area (TPSA) is 43.4 Å². The second-order valence-corrected chi connectivity index (χ2v) is 6.84. The summed E-state index contributed by atoms with van der Waals surface area (Å²) in [6, 6.07) is 16.1. The van der Waals surface area contributed by atoms with Crippen LogP contribution in [0.2, 0.25) is 0 Å². The van der Waals surface area contributed by atoms with E-state index in [-0.39, 0.29) is 18.3 Å². The molecule has 0 N–H and O–H groups in total. The summed E-state index contributed by atoms with van der Waals surface area (Å²) >= 11 is 0. The van der Waals surface area contributed by atoms with Gasteiger partial charge < -0.3 is 4.74 Å². The maximum Gasteiger partial charge on any atom is 0.317 e. The minimum Gasteiger partial charge on any atom is -0.465 e.